The van der Waals surface area contributed by atoms with E-state index in [4.69, 9.17) is 9.97 Å². The van der Waals surface area contributed by atoms with Crippen molar-refractivity contribution in [1.29, 1.82) is 0 Å². The molecule has 2 nitrogen and oxygen atoms in total. The maximum absolute atomic E-state index is 5.26. The van der Waals surface area contributed by atoms with Crippen LogP contribution in [0.3, 0.4) is 0 Å². The Labute approximate surface area is 297 Å². The van der Waals surface area contributed by atoms with Crippen LogP contribution in [0.15, 0.2) is 170 Å². The van der Waals surface area contributed by atoms with Crippen molar-refractivity contribution in [3.05, 3.63) is 181 Å². The van der Waals surface area contributed by atoms with Crippen LogP contribution in [-0.2, 0) is 5.41 Å². The van der Waals surface area contributed by atoms with E-state index in [0.29, 0.717) is 5.82 Å². The van der Waals surface area contributed by atoms with Crippen molar-refractivity contribution in [3.63, 3.8) is 0 Å². The van der Waals surface area contributed by atoms with Crippen LogP contribution in [0.2, 0.25) is 0 Å². The van der Waals surface area contributed by atoms with Gasteiger partial charge >= 0.3 is 0 Å². The molecule has 1 aliphatic carbocycles. The van der Waals surface area contributed by atoms with Crippen molar-refractivity contribution >= 4 is 32.3 Å². The van der Waals surface area contributed by atoms with E-state index in [2.05, 4.69) is 184 Å². The van der Waals surface area contributed by atoms with E-state index in [1.165, 1.54) is 65.7 Å². The van der Waals surface area contributed by atoms with Crippen molar-refractivity contribution in [3.8, 4) is 56.2 Å². The van der Waals surface area contributed by atoms with E-state index in [9.17, 15) is 0 Å². The summed E-state index contributed by atoms with van der Waals surface area (Å²) in [5, 5.41) is 7.31. The summed E-state index contributed by atoms with van der Waals surface area (Å²) in [4.78, 5) is 10.5. The Morgan fingerprint density at radius 3 is 1.49 bits per heavy atom. The molecule has 0 unspecified atom stereocenters. The van der Waals surface area contributed by atoms with Crippen LogP contribution in [0.5, 0.6) is 0 Å². The normalized spacial score (nSPS) is 13.1. The molecule has 10 rings (SSSR count). The topological polar surface area (TPSA) is 25.8 Å². The smallest absolute Gasteiger partial charge is 0.160 e. The minimum Gasteiger partial charge on any atom is -0.228 e. The third-order valence-electron chi connectivity index (χ3n) is 10.9. The zero-order valence-electron chi connectivity index (χ0n) is 28.6. The fourth-order valence-corrected chi connectivity index (χ4v) is 8.26. The largest absolute Gasteiger partial charge is 0.228 e. The van der Waals surface area contributed by atoms with Gasteiger partial charge in [0.15, 0.2) is 5.82 Å². The maximum atomic E-state index is 5.26. The first-order valence-electron chi connectivity index (χ1n) is 17.7. The fraction of sp³-hybridized carbons (Fsp3) is 0.0612. The highest BCUT2D eigenvalue weighted by Crippen LogP contribution is 2.53. The summed E-state index contributed by atoms with van der Waals surface area (Å²) in [5.74, 6) is 0.714. The van der Waals surface area contributed by atoms with Gasteiger partial charge in [0.1, 0.15) is 0 Å². The molecule has 0 amide bonds. The molecule has 0 fully saturated rings. The number of fused-ring (bicyclic) bond motifs is 6. The first-order chi connectivity index (χ1) is 25.0. The lowest BCUT2D eigenvalue weighted by Crippen LogP contribution is -2.14. The van der Waals surface area contributed by atoms with E-state index in [-0.39, 0.29) is 5.41 Å². The molecule has 2 heteroatoms. The summed E-state index contributed by atoms with van der Waals surface area (Å²) in [5.41, 5.74) is 12.8. The lowest BCUT2D eigenvalue weighted by Gasteiger charge is -2.22. The van der Waals surface area contributed by atoms with Gasteiger partial charge < -0.3 is 0 Å². The molecular weight excluding hydrogens is 617 g/mol. The van der Waals surface area contributed by atoms with E-state index in [1.54, 1.807) is 0 Å². The molecule has 51 heavy (non-hydrogen) atoms. The van der Waals surface area contributed by atoms with Crippen LogP contribution in [0.1, 0.15) is 25.0 Å². The molecular formula is C49H34N2. The van der Waals surface area contributed by atoms with Gasteiger partial charge in [-0.3, -0.25) is 0 Å². The molecule has 1 aromatic heterocycles. The second-order valence-electron chi connectivity index (χ2n) is 14.2. The van der Waals surface area contributed by atoms with Gasteiger partial charge in [0, 0.05) is 22.1 Å². The summed E-state index contributed by atoms with van der Waals surface area (Å²) in [6.45, 7) is 4.71. The summed E-state index contributed by atoms with van der Waals surface area (Å²) in [7, 11) is 0. The first kappa shape index (κ1) is 29.5. The van der Waals surface area contributed by atoms with Crippen molar-refractivity contribution in [2.24, 2.45) is 0 Å². The lowest BCUT2D eigenvalue weighted by molar-refractivity contribution is 0.661. The number of aromatic nitrogens is 2. The SMILES string of the molecule is CC1(C)c2cc3ccccc3cc2-c2c(-c3ccc(-c4nc(-c5cccc6ccccc56)cc(-c5cccc6ccccc56)n4)cc3)cccc21. The van der Waals surface area contributed by atoms with Gasteiger partial charge in [0.05, 0.1) is 11.4 Å². The minimum atomic E-state index is -0.0848. The Kier molecular flexibility index (Phi) is 6.56. The number of rotatable bonds is 4. The zero-order valence-corrected chi connectivity index (χ0v) is 28.6. The monoisotopic (exact) mass is 650 g/mol. The lowest BCUT2D eigenvalue weighted by atomic mass is 9.81. The van der Waals surface area contributed by atoms with Crippen LogP contribution in [0.4, 0.5) is 0 Å². The van der Waals surface area contributed by atoms with Crippen molar-refractivity contribution in [2.45, 2.75) is 19.3 Å². The molecule has 240 valence electrons. The predicted molar refractivity (Wildman–Crippen MR) is 214 cm³/mol. The Bertz CT molecular complexity index is 2720. The van der Waals surface area contributed by atoms with Gasteiger partial charge in [0.2, 0.25) is 0 Å². The zero-order chi connectivity index (χ0) is 34.1. The minimum absolute atomic E-state index is 0.0848. The van der Waals surface area contributed by atoms with Gasteiger partial charge in [-0.25, -0.2) is 9.97 Å². The van der Waals surface area contributed by atoms with Gasteiger partial charge in [-0.15, -0.1) is 0 Å². The second-order valence-corrected chi connectivity index (χ2v) is 14.2. The third-order valence-corrected chi connectivity index (χ3v) is 10.9. The molecule has 0 N–H and O–H groups in total. The second kappa shape index (κ2) is 11.3. The van der Waals surface area contributed by atoms with Gasteiger partial charge in [-0.1, -0.05) is 166 Å². The molecule has 8 aromatic carbocycles. The van der Waals surface area contributed by atoms with E-state index >= 15 is 0 Å². The molecule has 0 aliphatic heterocycles. The number of hydrogen-bond acceptors (Lipinski definition) is 2. The molecule has 0 spiro atoms. The summed E-state index contributed by atoms with van der Waals surface area (Å²) in [6.07, 6.45) is 0. The molecule has 0 saturated heterocycles. The molecule has 0 radical (unpaired) electrons. The average Bonchev–Trinajstić information content (AvgIpc) is 3.41. The molecule has 1 heterocycles. The summed E-state index contributed by atoms with van der Waals surface area (Å²) >= 11 is 0. The van der Waals surface area contributed by atoms with Crippen molar-refractivity contribution in [1.82, 2.24) is 9.97 Å². The van der Waals surface area contributed by atoms with Crippen molar-refractivity contribution < 1.29 is 0 Å². The van der Waals surface area contributed by atoms with E-state index in [1.807, 2.05) is 0 Å². The number of hydrogen-bond donors (Lipinski definition) is 0. The first-order valence-corrected chi connectivity index (χ1v) is 17.7. The predicted octanol–water partition coefficient (Wildman–Crippen LogP) is 12.9. The molecule has 1 aliphatic rings. The Hall–Kier alpha value is -6.38. The van der Waals surface area contributed by atoms with Crippen molar-refractivity contribution in [2.75, 3.05) is 0 Å². The van der Waals surface area contributed by atoms with Crippen LogP contribution in [0, 0.1) is 0 Å². The summed E-state index contributed by atoms with van der Waals surface area (Å²) < 4.78 is 0. The summed E-state index contributed by atoms with van der Waals surface area (Å²) in [6, 6.07) is 61.2. The van der Waals surface area contributed by atoms with Crippen LogP contribution >= 0.6 is 0 Å². The Morgan fingerprint density at radius 2 is 0.863 bits per heavy atom. The highest BCUT2D eigenvalue weighted by atomic mass is 14.9. The quantitative estimate of drug-likeness (QED) is 0.189. The Balaban J connectivity index is 1.13. The fourth-order valence-electron chi connectivity index (χ4n) is 8.26. The molecule has 9 aromatic rings. The Morgan fingerprint density at radius 1 is 0.373 bits per heavy atom. The van der Waals surface area contributed by atoms with Crippen LogP contribution in [0.25, 0.3) is 88.5 Å². The average molecular weight is 651 g/mol. The highest BCUT2D eigenvalue weighted by molar-refractivity contribution is 6.00. The highest BCUT2D eigenvalue weighted by Gasteiger charge is 2.37. The molecule has 0 saturated carbocycles. The van der Waals surface area contributed by atoms with E-state index in [0.717, 1.165) is 28.1 Å². The molecule has 0 bridgehead atoms. The van der Waals surface area contributed by atoms with Gasteiger partial charge in [0.25, 0.3) is 0 Å². The molecule has 0 atom stereocenters. The van der Waals surface area contributed by atoms with Crippen LogP contribution in [-0.4, -0.2) is 9.97 Å². The van der Waals surface area contributed by atoms with Crippen LogP contribution < -0.4 is 0 Å². The third kappa shape index (κ3) is 4.71. The number of nitrogens with zero attached hydrogens (tertiary/aromatic N) is 2. The standard InChI is InChI=1S/C49H34N2/c1-49(2)43-23-11-20-39(47(43)42-28-35-14-3-4-15-36(35)29-44(42)49)33-24-26-34(27-25-33)48-50-45(40-21-9-16-31-12-5-7-18-37(31)40)30-46(51-48)41-22-10-17-32-13-6-8-19-38(32)41/h3-30H,1-2H3. The van der Waals surface area contributed by atoms with E-state index < -0.39 is 0 Å². The van der Waals surface area contributed by atoms with Gasteiger partial charge in [-0.05, 0) is 83.9 Å². The maximum Gasteiger partial charge on any atom is 0.160 e. The van der Waals surface area contributed by atoms with Gasteiger partial charge in [-0.2, -0.15) is 0 Å². The number of benzene rings is 8.